The molecule has 2 amide bonds. The Hall–Kier alpha value is -2.24. The predicted molar refractivity (Wildman–Crippen MR) is 58.9 cm³/mol. The lowest BCUT2D eigenvalue weighted by Gasteiger charge is -2.08. The van der Waals surface area contributed by atoms with Gasteiger partial charge in [-0.15, -0.1) is 0 Å². The third-order valence-electron chi connectivity index (χ3n) is 1.89. The normalized spacial score (nSPS) is 9.56. The van der Waals surface area contributed by atoms with Crippen LogP contribution in [0.25, 0.3) is 0 Å². The van der Waals surface area contributed by atoms with Gasteiger partial charge in [-0.25, -0.2) is 0 Å². The molecule has 0 bridgehead atoms. The fourth-order valence-corrected chi connectivity index (χ4v) is 1.17. The molecule has 0 saturated heterocycles. The number of benzene rings is 1. The number of ether oxygens (including phenoxy) is 1. The van der Waals surface area contributed by atoms with Crippen molar-refractivity contribution in [1.29, 1.82) is 0 Å². The topological polar surface area (TPSA) is 107 Å². The zero-order valence-electron chi connectivity index (χ0n) is 8.82. The van der Waals surface area contributed by atoms with E-state index in [1.165, 1.54) is 13.2 Å². The first kappa shape index (κ1) is 11.8. The molecule has 86 valence electrons. The molecular formula is C10H13N3O3. The van der Waals surface area contributed by atoms with Crippen molar-refractivity contribution >= 4 is 17.5 Å². The van der Waals surface area contributed by atoms with Gasteiger partial charge in [0.05, 0.1) is 19.2 Å². The molecule has 6 heteroatoms. The highest BCUT2D eigenvalue weighted by atomic mass is 16.5. The van der Waals surface area contributed by atoms with Crippen LogP contribution in [-0.4, -0.2) is 25.5 Å². The van der Waals surface area contributed by atoms with Gasteiger partial charge in [-0.2, -0.15) is 0 Å². The molecule has 0 heterocycles. The third-order valence-corrected chi connectivity index (χ3v) is 1.89. The maximum Gasteiger partial charge on any atom is 0.255 e. The van der Waals surface area contributed by atoms with E-state index in [2.05, 4.69) is 5.32 Å². The molecule has 0 atom stereocenters. The van der Waals surface area contributed by atoms with Gasteiger partial charge < -0.3 is 21.5 Å². The van der Waals surface area contributed by atoms with E-state index in [9.17, 15) is 9.59 Å². The number of amides is 2. The molecule has 0 aliphatic carbocycles. The largest absolute Gasteiger partial charge is 0.496 e. The second kappa shape index (κ2) is 5.01. The fourth-order valence-electron chi connectivity index (χ4n) is 1.17. The molecule has 1 aromatic carbocycles. The minimum Gasteiger partial charge on any atom is -0.496 e. The van der Waals surface area contributed by atoms with Crippen LogP contribution >= 0.6 is 0 Å². The van der Waals surface area contributed by atoms with E-state index in [0.717, 1.165) is 0 Å². The van der Waals surface area contributed by atoms with Crippen molar-refractivity contribution in [3.05, 3.63) is 23.8 Å². The summed E-state index contributed by atoms with van der Waals surface area (Å²) in [6.45, 7) is -0.225. The van der Waals surface area contributed by atoms with Gasteiger partial charge in [-0.3, -0.25) is 9.59 Å². The van der Waals surface area contributed by atoms with Crippen LogP contribution in [0.1, 0.15) is 10.4 Å². The van der Waals surface area contributed by atoms with E-state index in [-0.39, 0.29) is 12.1 Å². The Morgan fingerprint density at radius 2 is 2.12 bits per heavy atom. The van der Waals surface area contributed by atoms with Gasteiger partial charge in [-0.1, -0.05) is 0 Å². The lowest BCUT2D eigenvalue weighted by molar-refractivity contribution is -0.117. The Bertz CT molecular complexity index is 418. The van der Waals surface area contributed by atoms with Crippen molar-refractivity contribution in [3.8, 4) is 5.75 Å². The van der Waals surface area contributed by atoms with Crippen molar-refractivity contribution in [3.63, 3.8) is 0 Å². The number of primary amides is 1. The van der Waals surface area contributed by atoms with Crippen molar-refractivity contribution in [2.24, 2.45) is 5.73 Å². The summed E-state index contributed by atoms with van der Waals surface area (Å²) in [5.74, 6) is -0.685. The van der Waals surface area contributed by atoms with Gasteiger partial charge in [0.2, 0.25) is 5.91 Å². The Balaban J connectivity index is 2.88. The van der Waals surface area contributed by atoms with Crippen molar-refractivity contribution in [2.45, 2.75) is 0 Å². The van der Waals surface area contributed by atoms with Crippen LogP contribution in [0.3, 0.4) is 0 Å². The average Bonchev–Trinajstić information content (AvgIpc) is 2.25. The molecule has 16 heavy (non-hydrogen) atoms. The van der Waals surface area contributed by atoms with Crippen LogP contribution in [0.5, 0.6) is 5.75 Å². The number of hydrogen-bond acceptors (Lipinski definition) is 4. The zero-order chi connectivity index (χ0) is 12.1. The summed E-state index contributed by atoms with van der Waals surface area (Å²) in [4.78, 5) is 22.1. The minimum atomic E-state index is -0.615. The fraction of sp³-hybridized carbons (Fsp3) is 0.200. The summed E-state index contributed by atoms with van der Waals surface area (Å²) in [5, 5.41) is 2.35. The number of carbonyl (C=O) groups excluding carboxylic acids is 2. The van der Waals surface area contributed by atoms with Crippen molar-refractivity contribution in [1.82, 2.24) is 5.32 Å². The molecule has 0 radical (unpaired) electrons. The average molecular weight is 223 g/mol. The van der Waals surface area contributed by atoms with Crippen molar-refractivity contribution in [2.75, 3.05) is 19.4 Å². The van der Waals surface area contributed by atoms with Crippen LogP contribution in [-0.2, 0) is 4.79 Å². The summed E-state index contributed by atoms with van der Waals surface area (Å²) in [6, 6.07) is 4.66. The second-order valence-corrected chi connectivity index (χ2v) is 3.11. The number of nitrogens with one attached hydrogen (secondary N) is 1. The van der Waals surface area contributed by atoms with Crippen LogP contribution in [0.15, 0.2) is 18.2 Å². The van der Waals surface area contributed by atoms with Gasteiger partial charge in [0.15, 0.2) is 0 Å². The first-order valence-electron chi connectivity index (χ1n) is 4.54. The number of methoxy groups -OCH3 is 1. The van der Waals surface area contributed by atoms with E-state index in [1.807, 2.05) is 0 Å². The number of nitrogen functional groups attached to an aromatic ring is 1. The summed E-state index contributed by atoms with van der Waals surface area (Å²) in [5.41, 5.74) is 11.2. The lowest BCUT2D eigenvalue weighted by atomic mass is 10.1. The van der Waals surface area contributed by atoms with Crippen LogP contribution in [0.4, 0.5) is 5.69 Å². The standard InChI is InChI=1S/C10H13N3O3/c1-16-8-3-2-6(11)4-7(8)10(15)13-5-9(12)14/h2-4H,5,11H2,1H3,(H2,12,14)(H,13,15). The number of rotatable bonds is 4. The highest BCUT2D eigenvalue weighted by molar-refractivity contribution is 5.99. The molecule has 1 aromatic rings. The number of anilines is 1. The lowest BCUT2D eigenvalue weighted by Crippen LogP contribution is -2.33. The summed E-state index contributed by atoms with van der Waals surface area (Å²) >= 11 is 0. The zero-order valence-corrected chi connectivity index (χ0v) is 8.82. The molecule has 1 rings (SSSR count). The first-order chi connectivity index (χ1) is 7.54. The van der Waals surface area contributed by atoms with E-state index < -0.39 is 11.8 Å². The molecule has 0 aliphatic heterocycles. The van der Waals surface area contributed by atoms with E-state index in [1.54, 1.807) is 12.1 Å². The molecule has 0 spiro atoms. The predicted octanol–water partition coefficient (Wildman–Crippen LogP) is -0.507. The first-order valence-corrected chi connectivity index (χ1v) is 4.54. The smallest absolute Gasteiger partial charge is 0.255 e. The van der Waals surface area contributed by atoms with Crippen LogP contribution in [0, 0.1) is 0 Å². The quantitative estimate of drug-likeness (QED) is 0.597. The molecule has 0 saturated carbocycles. The monoisotopic (exact) mass is 223 g/mol. The molecule has 0 unspecified atom stereocenters. The van der Waals surface area contributed by atoms with Crippen LogP contribution in [0.2, 0.25) is 0 Å². The number of nitrogens with two attached hydrogens (primary N) is 2. The molecule has 0 fully saturated rings. The van der Waals surface area contributed by atoms with Crippen LogP contribution < -0.4 is 21.5 Å². The second-order valence-electron chi connectivity index (χ2n) is 3.11. The van der Waals surface area contributed by atoms with E-state index >= 15 is 0 Å². The van der Waals surface area contributed by atoms with E-state index in [4.69, 9.17) is 16.2 Å². The Labute approximate surface area is 92.6 Å². The van der Waals surface area contributed by atoms with Gasteiger partial charge >= 0.3 is 0 Å². The maximum absolute atomic E-state index is 11.6. The minimum absolute atomic E-state index is 0.225. The Morgan fingerprint density at radius 3 is 2.69 bits per heavy atom. The van der Waals surface area contributed by atoms with Crippen molar-refractivity contribution < 1.29 is 14.3 Å². The summed E-state index contributed by atoms with van der Waals surface area (Å²) in [7, 11) is 1.44. The van der Waals surface area contributed by atoms with Gasteiger partial charge in [0.25, 0.3) is 5.91 Å². The highest BCUT2D eigenvalue weighted by Gasteiger charge is 2.12. The third kappa shape index (κ3) is 2.88. The Kier molecular flexibility index (Phi) is 3.71. The molecule has 5 N–H and O–H groups in total. The SMILES string of the molecule is COc1ccc(N)cc1C(=O)NCC(N)=O. The van der Waals surface area contributed by atoms with Gasteiger partial charge in [0, 0.05) is 5.69 Å². The highest BCUT2D eigenvalue weighted by Crippen LogP contribution is 2.20. The molecule has 0 aliphatic rings. The molecule has 6 nitrogen and oxygen atoms in total. The van der Waals surface area contributed by atoms with E-state index in [0.29, 0.717) is 11.4 Å². The van der Waals surface area contributed by atoms with Gasteiger partial charge in [-0.05, 0) is 18.2 Å². The summed E-state index contributed by atoms with van der Waals surface area (Å²) < 4.78 is 5.00. The number of carbonyl (C=O) groups is 2. The summed E-state index contributed by atoms with van der Waals surface area (Å²) in [6.07, 6.45) is 0. The number of hydrogen-bond donors (Lipinski definition) is 3. The molecule has 0 aromatic heterocycles. The molecular weight excluding hydrogens is 210 g/mol. The maximum atomic E-state index is 11.6. The Morgan fingerprint density at radius 1 is 1.44 bits per heavy atom. The van der Waals surface area contributed by atoms with Gasteiger partial charge in [0.1, 0.15) is 5.75 Å².